The Morgan fingerprint density at radius 3 is 2.50 bits per heavy atom. The lowest BCUT2D eigenvalue weighted by molar-refractivity contribution is 0.525. The molecule has 0 rings (SSSR count). The highest BCUT2D eigenvalue weighted by molar-refractivity contribution is 7.82. The molecule has 0 aromatic heterocycles. The number of thiocarbonyl (C=S) groups is 1. The molecule has 2 nitrogen and oxygen atoms in total. The van der Waals surface area contributed by atoms with Crippen LogP contribution in [0.3, 0.4) is 0 Å². The summed E-state index contributed by atoms with van der Waals surface area (Å²) in [4.78, 5) is 0. The molecule has 0 heterocycles. The number of hydrogen-bond acceptors (Lipinski definition) is 3. The highest BCUT2D eigenvalue weighted by Gasteiger charge is 1.80. The number of rotatable bonds is 0. The van der Waals surface area contributed by atoms with E-state index in [9.17, 15) is 0 Å². The zero-order valence-electron chi connectivity index (χ0n) is 2.64. The molecule has 0 aliphatic heterocycles. The maximum Gasteiger partial charge on any atom is 0.294 e. The molecule has 0 unspecified atom stereocenters. The first-order chi connectivity index (χ1) is 2.77. The molecule has 0 aromatic carbocycles. The SMILES string of the molecule is N#COC(=S)Cl. The molecule has 32 valence electrons. The Labute approximate surface area is 45.3 Å². The number of nitrogens with zero attached hydrogens (tertiary/aromatic N) is 1. The van der Waals surface area contributed by atoms with Crippen LogP contribution in [-0.2, 0) is 4.74 Å². The first kappa shape index (κ1) is 5.67. The average molecular weight is 122 g/mol. The lowest BCUT2D eigenvalue weighted by Gasteiger charge is -1.76. The Kier molecular flexibility index (Phi) is 2.73. The number of hydrogen-bond donors (Lipinski definition) is 0. The summed E-state index contributed by atoms with van der Waals surface area (Å²) < 4.78 is 3.58. The van der Waals surface area contributed by atoms with Crippen molar-refractivity contribution in [2.24, 2.45) is 0 Å². The molecule has 6 heavy (non-hydrogen) atoms. The molecular formula is C2ClNOS. The van der Waals surface area contributed by atoms with Crippen LogP contribution in [0, 0.1) is 11.5 Å². The van der Waals surface area contributed by atoms with Crippen LogP contribution in [-0.4, -0.2) is 4.51 Å². The molecule has 0 amide bonds. The molecule has 0 aromatic rings. The molecule has 0 bridgehead atoms. The second kappa shape index (κ2) is 2.88. The quantitative estimate of drug-likeness (QED) is 0.272. The van der Waals surface area contributed by atoms with E-state index in [4.69, 9.17) is 16.9 Å². The summed E-state index contributed by atoms with van der Waals surface area (Å²) in [5, 5.41) is 7.59. The van der Waals surface area contributed by atoms with Crippen molar-refractivity contribution in [2.45, 2.75) is 0 Å². The van der Waals surface area contributed by atoms with Crippen LogP contribution in [0.2, 0.25) is 0 Å². The van der Waals surface area contributed by atoms with Gasteiger partial charge in [0, 0.05) is 0 Å². The van der Waals surface area contributed by atoms with Crippen molar-refractivity contribution in [1.82, 2.24) is 0 Å². The van der Waals surface area contributed by atoms with E-state index in [1.54, 1.807) is 0 Å². The van der Waals surface area contributed by atoms with Crippen LogP contribution in [0.25, 0.3) is 0 Å². The van der Waals surface area contributed by atoms with Crippen LogP contribution in [0.1, 0.15) is 0 Å². The van der Waals surface area contributed by atoms with Gasteiger partial charge < -0.3 is 4.74 Å². The third-order valence-electron chi connectivity index (χ3n) is 0.126. The van der Waals surface area contributed by atoms with E-state index >= 15 is 0 Å². The predicted octanol–water partition coefficient (Wildman–Crippen LogP) is 1.01. The summed E-state index contributed by atoms with van der Waals surface area (Å²) in [5.74, 6) is 0. The highest BCUT2D eigenvalue weighted by Crippen LogP contribution is 1.82. The summed E-state index contributed by atoms with van der Waals surface area (Å²) in [5.41, 5.74) is 0. The third kappa shape index (κ3) is 3.67. The number of nitriles is 1. The Bertz CT molecular complexity index is 96.2. The smallest absolute Gasteiger partial charge is 0.294 e. The van der Waals surface area contributed by atoms with Gasteiger partial charge in [-0.3, -0.25) is 0 Å². The largest absolute Gasteiger partial charge is 0.363 e. The summed E-state index contributed by atoms with van der Waals surface area (Å²) in [6.45, 7) is 0. The zero-order chi connectivity index (χ0) is 4.99. The van der Waals surface area contributed by atoms with Gasteiger partial charge in [0.2, 0.25) is 0 Å². The van der Waals surface area contributed by atoms with Crippen molar-refractivity contribution >= 4 is 28.3 Å². The Morgan fingerprint density at radius 1 is 2.00 bits per heavy atom. The van der Waals surface area contributed by atoms with Gasteiger partial charge in [0.15, 0.2) is 0 Å². The molecule has 0 saturated carbocycles. The summed E-state index contributed by atoms with van der Waals surface area (Å²) in [6, 6.07) is 0. The van der Waals surface area contributed by atoms with Gasteiger partial charge in [-0.05, 0) is 23.8 Å². The number of ether oxygens (including phenoxy) is 1. The molecule has 0 fully saturated rings. The minimum Gasteiger partial charge on any atom is -0.363 e. The monoisotopic (exact) mass is 121 g/mol. The summed E-state index contributed by atoms with van der Waals surface area (Å²) in [7, 11) is 0. The van der Waals surface area contributed by atoms with Crippen molar-refractivity contribution in [1.29, 1.82) is 5.26 Å². The van der Waals surface area contributed by atoms with E-state index in [2.05, 4.69) is 17.0 Å². The van der Waals surface area contributed by atoms with Crippen molar-refractivity contribution in [3.8, 4) is 6.26 Å². The lowest BCUT2D eigenvalue weighted by atomic mass is 11.5. The fourth-order valence-electron chi connectivity index (χ4n) is 0.0359. The normalized spacial score (nSPS) is 6.00. The van der Waals surface area contributed by atoms with Crippen LogP contribution in [0.15, 0.2) is 0 Å². The van der Waals surface area contributed by atoms with E-state index in [0.717, 1.165) is 0 Å². The van der Waals surface area contributed by atoms with Gasteiger partial charge in [-0.2, -0.15) is 0 Å². The molecule has 0 atom stereocenters. The molecule has 0 aliphatic rings. The van der Waals surface area contributed by atoms with Crippen molar-refractivity contribution < 1.29 is 4.74 Å². The van der Waals surface area contributed by atoms with Gasteiger partial charge in [-0.1, -0.05) is 0 Å². The van der Waals surface area contributed by atoms with Gasteiger partial charge in [0.05, 0.1) is 0 Å². The topological polar surface area (TPSA) is 33.0 Å². The van der Waals surface area contributed by atoms with Crippen LogP contribution in [0.4, 0.5) is 0 Å². The van der Waals surface area contributed by atoms with Crippen molar-refractivity contribution in [3.05, 3.63) is 0 Å². The second-order valence-electron chi connectivity index (χ2n) is 0.431. The van der Waals surface area contributed by atoms with Gasteiger partial charge >= 0.3 is 0 Å². The molecular weight excluding hydrogens is 122 g/mol. The van der Waals surface area contributed by atoms with Gasteiger partial charge in [-0.25, -0.2) is 0 Å². The standard InChI is InChI=1S/C2ClNOS/c3-2(6)5-1-4. The maximum absolute atomic E-state index is 7.59. The molecule has 0 N–H and O–H groups in total. The fraction of sp³-hybridized carbons (Fsp3) is 0. The first-order valence-electron chi connectivity index (χ1n) is 1.02. The first-order valence-corrected chi connectivity index (χ1v) is 1.81. The number of halogens is 1. The molecule has 0 spiro atoms. The molecule has 0 aliphatic carbocycles. The lowest BCUT2D eigenvalue weighted by Crippen LogP contribution is -1.79. The van der Waals surface area contributed by atoms with Crippen molar-refractivity contribution in [2.75, 3.05) is 0 Å². The van der Waals surface area contributed by atoms with Gasteiger partial charge in [0.1, 0.15) is 0 Å². The Morgan fingerprint density at radius 2 is 2.50 bits per heavy atom. The van der Waals surface area contributed by atoms with Crippen LogP contribution < -0.4 is 0 Å². The zero-order valence-corrected chi connectivity index (χ0v) is 4.21. The Hall–Kier alpha value is -0.330. The van der Waals surface area contributed by atoms with E-state index in [-0.39, 0.29) is 4.51 Å². The minimum absolute atomic E-state index is 0.266. The highest BCUT2D eigenvalue weighted by atomic mass is 35.5. The molecule has 0 radical (unpaired) electrons. The van der Waals surface area contributed by atoms with E-state index in [1.807, 2.05) is 0 Å². The van der Waals surface area contributed by atoms with E-state index in [0.29, 0.717) is 0 Å². The third-order valence-corrected chi connectivity index (χ3v) is 0.286. The summed E-state index contributed by atoms with van der Waals surface area (Å²) in [6.07, 6.45) is 1.29. The minimum atomic E-state index is -0.266. The van der Waals surface area contributed by atoms with Gasteiger partial charge in [0.25, 0.3) is 10.8 Å². The van der Waals surface area contributed by atoms with Crippen molar-refractivity contribution in [3.63, 3.8) is 0 Å². The summed E-state index contributed by atoms with van der Waals surface area (Å²) >= 11 is 8.98. The van der Waals surface area contributed by atoms with E-state index in [1.165, 1.54) is 6.26 Å². The maximum atomic E-state index is 7.59. The van der Waals surface area contributed by atoms with Crippen LogP contribution in [0.5, 0.6) is 0 Å². The molecule has 0 saturated heterocycles. The molecule has 4 heteroatoms. The van der Waals surface area contributed by atoms with E-state index < -0.39 is 0 Å². The average Bonchev–Trinajstić information content (AvgIpc) is 1.35. The van der Waals surface area contributed by atoms with Gasteiger partial charge in [-0.15, -0.1) is 5.26 Å². The predicted molar refractivity (Wildman–Crippen MR) is 25.1 cm³/mol. The van der Waals surface area contributed by atoms with Crippen LogP contribution >= 0.6 is 23.8 Å². The second-order valence-corrected chi connectivity index (χ2v) is 1.37. The fourth-order valence-corrected chi connectivity index (χ4v) is 0.108. The Balaban J connectivity index is 3.13.